The van der Waals surface area contributed by atoms with Gasteiger partial charge in [-0.2, -0.15) is 0 Å². The molecule has 9 heteroatoms. The van der Waals surface area contributed by atoms with Crippen LogP contribution in [0.15, 0.2) is 47.2 Å². The third kappa shape index (κ3) is 5.44. The number of benzene rings is 1. The Bertz CT molecular complexity index is 980. The summed E-state index contributed by atoms with van der Waals surface area (Å²) in [5.41, 5.74) is 2.86. The van der Waals surface area contributed by atoms with Crippen molar-refractivity contribution in [2.75, 3.05) is 36.5 Å². The van der Waals surface area contributed by atoms with Crippen LogP contribution in [-0.4, -0.2) is 43.1 Å². The predicted molar refractivity (Wildman–Crippen MR) is 119 cm³/mol. The summed E-state index contributed by atoms with van der Waals surface area (Å²) in [6.07, 6.45) is 0.178. The van der Waals surface area contributed by atoms with Gasteiger partial charge in [0.15, 0.2) is 5.13 Å². The topological polar surface area (TPSA) is 83.6 Å². The van der Waals surface area contributed by atoms with Crippen LogP contribution in [0.4, 0.5) is 10.8 Å². The van der Waals surface area contributed by atoms with E-state index in [2.05, 4.69) is 32.7 Å². The average molecular weight is 443 g/mol. The summed E-state index contributed by atoms with van der Waals surface area (Å²) in [7, 11) is 0. The highest BCUT2D eigenvalue weighted by Crippen LogP contribution is 2.19. The van der Waals surface area contributed by atoms with E-state index in [0.29, 0.717) is 22.2 Å². The van der Waals surface area contributed by atoms with Crippen LogP contribution in [0.3, 0.4) is 0 Å². The molecule has 0 radical (unpaired) electrons. The number of aromatic nitrogens is 1. The molecule has 1 aliphatic heterocycles. The fraction of sp³-hybridized carbons (Fsp3) is 0.286. The second-order valence-electron chi connectivity index (χ2n) is 6.79. The van der Waals surface area contributed by atoms with Crippen LogP contribution < -0.4 is 15.5 Å². The van der Waals surface area contributed by atoms with Gasteiger partial charge in [-0.25, -0.2) is 4.98 Å². The summed E-state index contributed by atoms with van der Waals surface area (Å²) in [4.78, 5) is 31.6. The molecular weight excluding hydrogens is 420 g/mol. The van der Waals surface area contributed by atoms with Crippen molar-refractivity contribution in [2.24, 2.45) is 0 Å². The molecule has 0 saturated carbocycles. The Hall–Kier alpha value is -2.75. The van der Waals surface area contributed by atoms with Gasteiger partial charge >= 0.3 is 0 Å². The van der Waals surface area contributed by atoms with Gasteiger partial charge in [0, 0.05) is 30.7 Å². The second kappa shape index (κ2) is 9.84. The van der Waals surface area contributed by atoms with Crippen molar-refractivity contribution in [1.29, 1.82) is 0 Å². The van der Waals surface area contributed by atoms with E-state index in [0.717, 1.165) is 31.9 Å². The number of thiophene rings is 1. The molecule has 1 fully saturated rings. The van der Waals surface area contributed by atoms with Crippen LogP contribution in [0, 0.1) is 0 Å². The standard InChI is InChI=1S/C21H22N4O3S2/c26-19(12-16-14-30-21(23-16)24-20(27)18-2-1-11-29-18)22-13-15-3-5-17(6-4-15)25-7-9-28-10-8-25/h1-6,11,14H,7-10,12-13H2,(H,22,26)(H,23,24,27). The number of carbonyl (C=O) groups is 2. The molecule has 1 aromatic carbocycles. The summed E-state index contributed by atoms with van der Waals surface area (Å²) < 4.78 is 5.38. The van der Waals surface area contributed by atoms with E-state index in [1.54, 1.807) is 11.4 Å². The van der Waals surface area contributed by atoms with Crippen molar-refractivity contribution in [3.8, 4) is 0 Å². The first kappa shape index (κ1) is 20.5. The van der Waals surface area contributed by atoms with Crippen LogP contribution in [0.1, 0.15) is 20.9 Å². The highest BCUT2D eigenvalue weighted by Gasteiger charge is 2.13. The summed E-state index contributed by atoms with van der Waals surface area (Å²) in [6.45, 7) is 3.79. The highest BCUT2D eigenvalue weighted by molar-refractivity contribution is 7.14. The Balaban J connectivity index is 1.24. The van der Waals surface area contributed by atoms with Crippen LogP contribution in [-0.2, 0) is 22.5 Å². The maximum atomic E-state index is 12.3. The van der Waals surface area contributed by atoms with Crippen molar-refractivity contribution in [2.45, 2.75) is 13.0 Å². The Morgan fingerprint density at radius 1 is 1.10 bits per heavy atom. The maximum absolute atomic E-state index is 12.3. The number of ether oxygens (including phenoxy) is 1. The van der Waals surface area contributed by atoms with Crippen LogP contribution in [0.5, 0.6) is 0 Å². The van der Waals surface area contributed by atoms with E-state index >= 15 is 0 Å². The van der Waals surface area contributed by atoms with Gasteiger partial charge in [0.2, 0.25) is 5.91 Å². The SMILES string of the molecule is O=C(Cc1csc(NC(=O)c2cccs2)n1)NCc1ccc(N2CCOCC2)cc1. The molecule has 2 aromatic heterocycles. The van der Waals surface area contributed by atoms with E-state index in [4.69, 9.17) is 4.74 Å². The van der Waals surface area contributed by atoms with Gasteiger partial charge in [0.05, 0.1) is 30.2 Å². The number of anilines is 2. The fourth-order valence-electron chi connectivity index (χ4n) is 3.09. The summed E-state index contributed by atoms with van der Waals surface area (Å²) in [5.74, 6) is -0.287. The zero-order chi connectivity index (χ0) is 20.8. The molecule has 4 rings (SSSR count). The Morgan fingerprint density at radius 3 is 2.63 bits per heavy atom. The van der Waals surface area contributed by atoms with Gasteiger partial charge < -0.3 is 15.0 Å². The third-order valence-electron chi connectivity index (χ3n) is 4.66. The number of nitrogens with zero attached hydrogens (tertiary/aromatic N) is 2. The van der Waals surface area contributed by atoms with Crippen LogP contribution >= 0.6 is 22.7 Å². The number of nitrogens with one attached hydrogen (secondary N) is 2. The lowest BCUT2D eigenvalue weighted by atomic mass is 10.2. The van der Waals surface area contributed by atoms with Crippen LogP contribution in [0.2, 0.25) is 0 Å². The molecular formula is C21H22N4O3S2. The Morgan fingerprint density at radius 2 is 1.90 bits per heavy atom. The molecule has 0 unspecified atom stereocenters. The number of hydrogen-bond acceptors (Lipinski definition) is 7. The number of amides is 2. The van der Waals surface area contributed by atoms with E-state index < -0.39 is 0 Å². The lowest BCUT2D eigenvalue weighted by Crippen LogP contribution is -2.36. The smallest absolute Gasteiger partial charge is 0.267 e. The molecule has 0 spiro atoms. The zero-order valence-corrected chi connectivity index (χ0v) is 17.9. The third-order valence-corrected chi connectivity index (χ3v) is 6.34. The van der Waals surface area contributed by atoms with Crippen LogP contribution in [0.25, 0.3) is 0 Å². The largest absolute Gasteiger partial charge is 0.378 e. The minimum Gasteiger partial charge on any atom is -0.378 e. The maximum Gasteiger partial charge on any atom is 0.267 e. The molecule has 30 heavy (non-hydrogen) atoms. The Kier molecular flexibility index (Phi) is 6.73. The molecule has 2 amide bonds. The van der Waals surface area contributed by atoms with Gasteiger partial charge in [-0.3, -0.25) is 14.9 Å². The number of morpholine rings is 1. The normalized spacial score (nSPS) is 13.8. The summed E-state index contributed by atoms with van der Waals surface area (Å²) >= 11 is 2.69. The number of carbonyl (C=O) groups excluding carboxylic acids is 2. The minimum atomic E-state index is -0.184. The van der Waals surface area contributed by atoms with Crippen molar-refractivity contribution in [3.63, 3.8) is 0 Å². The van der Waals surface area contributed by atoms with Gasteiger partial charge in [-0.1, -0.05) is 18.2 Å². The van der Waals surface area contributed by atoms with Crippen molar-refractivity contribution in [1.82, 2.24) is 10.3 Å². The predicted octanol–water partition coefficient (Wildman–Crippen LogP) is 3.15. The van der Waals surface area contributed by atoms with Gasteiger partial charge in [0.25, 0.3) is 5.91 Å². The highest BCUT2D eigenvalue weighted by atomic mass is 32.1. The zero-order valence-electron chi connectivity index (χ0n) is 16.3. The van der Waals surface area contributed by atoms with Gasteiger partial charge in [-0.05, 0) is 29.1 Å². The lowest BCUT2D eigenvalue weighted by Gasteiger charge is -2.28. The first-order valence-electron chi connectivity index (χ1n) is 9.65. The molecule has 156 valence electrons. The quantitative estimate of drug-likeness (QED) is 0.587. The van der Waals surface area contributed by atoms with Crippen molar-refractivity contribution < 1.29 is 14.3 Å². The van der Waals surface area contributed by atoms with Crippen molar-refractivity contribution >= 4 is 45.3 Å². The number of rotatable bonds is 7. The minimum absolute atomic E-state index is 0.103. The Labute approximate surface area is 182 Å². The van der Waals surface area contributed by atoms with Crippen molar-refractivity contribution in [3.05, 3.63) is 63.3 Å². The number of hydrogen-bond donors (Lipinski definition) is 2. The molecule has 2 N–H and O–H groups in total. The second-order valence-corrected chi connectivity index (χ2v) is 8.60. The molecule has 1 aliphatic rings. The summed E-state index contributed by atoms with van der Waals surface area (Å²) in [6, 6.07) is 11.8. The van der Waals surface area contributed by atoms with E-state index in [1.165, 1.54) is 28.4 Å². The first-order valence-corrected chi connectivity index (χ1v) is 11.4. The molecule has 7 nitrogen and oxygen atoms in total. The van der Waals surface area contributed by atoms with E-state index in [9.17, 15) is 9.59 Å². The van der Waals surface area contributed by atoms with E-state index in [-0.39, 0.29) is 18.2 Å². The average Bonchev–Trinajstić information content (AvgIpc) is 3.46. The van der Waals surface area contributed by atoms with Gasteiger partial charge in [-0.15, -0.1) is 22.7 Å². The molecule has 0 aliphatic carbocycles. The summed E-state index contributed by atoms with van der Waals surface area (Å²) in [5, 5.41) is 9.83. The number of thiazole rings is 1. The lowest BCUT2D eigenvalue weighted by molar-refractivity contribution is -0.120. The van der Waals surface area contributed by atoms with E-state index in [1.807, 2.05) is 23.6 Å². The molecule has 0 bridgehead atoms. The molecule has 3 aromatic rings. The monoisotopic (exact) mass is 442 g/mol. The fourth-order valence-corrected chi connectivity index (χ4v) is 4.41. The molecule has 1 saturated heterocycles. The molecule has 0 atom stereocenters. The van der Waals surface area contributed by atoms with Gasteiger partial charge in [0.1, 0.15) is 0 Å². The first-order chi connectivity index (χ1) is 14.7. The molecule has 3 heterocycles.